The maximum Gasteiger partial charge on any atom is 0.247 e. The van der Waals surface area contributed by atoms with E-state index in [0.29, 0.717) is 39.1 Å². The summed E-state index contributed by atoms with van der Waals surface area (Å²) >= 11 is 1.70. The van der Waals surface area contributed by atoms with Crippen LogP contribution in [0, 0.1) is 17.8 Å². The number of hydrogen-bond acceptors (Lipinski definition) is 6. The number of carbonyl (C=O) groups is 3. The first kappa shape index (κ1) is 32.1. The molecule has 4 rings (SSSR count). The predicted molar refractivity (Wildman–Crippen MR) is 169 cm³/mol. The van der Waals surface area contributed by atoms with Gasteiger partial charge in [0, 0.05) is 43.2 Å². The van der Waals surface area contributed by atoms with Crippen LogP contribution in [0.4, 0.5) is 5.69 Å². The zero-order valence-electron chi connectivity index (χ0n) is 25.5. The number of thioether (sulfide) groups is 1. The summed E-state index contributed by atoms with van der Waals surface area (Å²) in [5.41, 5.74) is 0.731. The molecule has 42 heavy (non-hydrogen) atoms. The Hall–Kier alpha value is -2.78. The van der Waals surface area contributed by atoms with Crippen molar-refractivity contribution < 1.29 is 24.2 Å². The van der Waals surface area contributed by atoms with Crippen molar-refractivity contribution in [3.05, 3.63) is 49.6 Å². The van der Waals surface area contributed by atoms with E-state index in [1.807, 2.05) is 49.9 Å². The summed E-state index contributed by atoms with van der Waals surface area (Å²) in [6, 6.07) is 6.74. The second-order valence-electron chi connectivity index (χ2n) is 11.9. The zero-order chi connectivity index (χ0) is 30.6. The van der Waals surface area contributed by atoms with E-state index >= 15 is 0 Å². The summed E-state index contributed by atoms with van der Waals surface area (Å²) in [5.74, 6) is -0.538. The molecule has 1 N–H and O–H groups in total. The Morgan fingerprint density at radius 2 is 1.83 bits per heavy atom. The van der Waals surface area contributed by atoms with Crippen molar-refractivity contribution in [2.24, 2.45) is 17.8 Å². The molecule has 3 fully saturated rings. The molecule has 0 saturated carbocycles. The average Bonchev–Trinajstić information content (AvgIpc) is 3.56. The van der Waals surface area contributed by atoms with Crippen molar-refractivity contribution >= 4 is 35.2 Å². The molecule has 8 nitrogen and oxygen atoms in total. The minimum absolute atomic E-state index is 0.0461. The minimum Gasteiger partial charge on any atom is -0.494 e. The number of ether oxygens (including phenoxy) is 1. The lowest BCUT2D eigenvalue weighted by molar-refractivity contribution is -0.143. The fourth-order valence-electron chi connectivity index (χ4n) is 7.26. The van der Waals surface area contributed by atoms with Gasteiger partial charge in [0.15, 0.2) is 0 Å². The number of carbonyl (C=O) groups excluding carboxylic acids is 3. The molecule has 1 spiro atoms. The van der Waals surface area contributed by atoms with Gasteiger partial charge in [-0.1, -0.05) is 19.1 Å². The fourth-order valence-corrected chi connectivity index (χ4v) is 9.67. The number of nitrogens with zero attached hydrogens (tertiary/aromatic N) is 3. The van der Waals surface area contributed by atoms with Crippen molar-refractivity contribution in [2.45, 2.75) is 75.5 Å². The van der Waals surface area contributed by atoms with Crippen LogP contribution in [-0.4, -0.2) is 87.6 Å². The third-order valence-electron chi connectivity index (χ3n) is 9.09. The molecule has 3 heterocycles. The normalized spacial score (nSPS) is 27.7. The molecule has 0 aromatic heterocycles. The lowest BCUT2D eigenvalue weighted by Gasteiger charge is -2.41. The lowest BCUT2D eigenvalue weighted by atomic mass is 9.65. The highest BCUT2D eigenvalue weighted by Crippen LogP contribution is 2.69. The van der Waals surface area contributed by atoms with Gasteiger partial charge in [-0.2, -0.15) is 0 Å². The third kappa shape index (κ3) is 5.62. The van der Waals surface area contributed by atoms with Crippen LogP contribution in [0.15, 0.2) is 49.6 Å². The molecule has 3 aliphatic heterocycles. The van der Waals surface area contributed by atoms with Gasteiger partial charge < -0.3 is 24.5 Å². The molecular weight excluding hydrogens is 550 g/mol. The van der Waals surface area contributed by atoms with Crippen LogP contribution in [0.3, 0.4) is 0 Å². The number of aliphatic hydroxyl groups excluding tert-OH is 1. The molecule has 3 saturated heterocycles. The van der Waals surface area contributed by atoms with E-state index < -0.39 is 22.6 Å². The van der Waals surface area contributed by atoms with Crippen LogP contribution in [0.5, 0.6) is 5.75 Å². The molecule has 6 atom stereocenters. The number of rotatable bonds is 15. The SMILES string of the molecule is C=CCN(C(=O)[C@@H]1[C@@H]2CC(C)C3(S2)C(C(=O)N(CC=C)C(C)C)N(CCCCCO)C(=O)[C@H]13)c1ccc(OCC)cc1. The lowest BCUT2D eigenvalue weighted by Crippen LogP contribution is -2.58. The molecule has 2 bridgehead atoms. The molecular formula is C33H47N3O5S. The van der Waals surface area contributed by atoms with Gasteiger partial charge in [0.1, 0.15) is 11.8 Å². The second-order valence-corrected chi connectivity index (χ2v) is 13.5. The van der Waals surface area contributed by atoms with Crippen molar-refractivity contribution in [2.75, 3.05) is 37.7 Å². The van der Waals surface area contributed by atoms with Gasteiger partial charge in [-0.15, -0.1) is 24.9 Å². The highest BCUT2D eigenvalue weighted by molar-refractivity contribution is 8.02. The maximum atomic E-state index is 14.5. The summed E-state index contributed by atoms with van der Waals surface area (Å²) in [7, 11) is 0. The number of aliphatic hydroxyl groups is 1. The summed E-state index contributed by atoms with van der Waals surface area (Å²) in [6.45, 7) is 17.6. The Kier molecular flexibility index (Phi) is 10.5. The van der Waals surface area contributed by atoms with E-state index in [9.17, 15) is 19.5 Å². The molecule has 3 aliphatic rings. The molecule has 0 aliphatic carbocycles. The molecule has 3 unspecified atom stereocenters. The van der Waals surface area contributed by atoms with Crippen molar-refractivity contribution in [3.63, 3.8) is 0 Å². The van der Waals surface area contributed by atoms with Gasteiger partial charge in [0.25, 0.3) is 0 Å². The Labute approximate surface area is 255 Å². The van der Waals surface area contributed by atoms with E-state index in [2.05, 4.69) is 20.1 Å². The van der Waals surface area contributed by atoms with Crippen LogP contribution in [0.2, 0.25) is 0 Å². The van der Waals surface area contributed by atoms with Crippen LogP contribution in [-0.2, 0) is 14.4 Å². The Balaban J connectivity index is 1.74. The maximum absolute atomic E-state index is 14.5. The highest BCUT2D eigenvalue weighted by atomic mass is 32.2. The number of unbranched alkanes of at least 4 members (excludes halogenated alkanes) is 2. The first-order valence-corrected chi connectivity index (χ1v) is 16.2. The van der Waals surface area contributed by atoms with Gasteiger partial charge in [-0.05, 0) is 76.6 Å². The van der Waals surface area contributed by atoms with E-state index in [1.54, 1.807) is 33.7 Å². The number of amides is 3. The number of benzene rings is 1. The average molecular weight is 598 g/mol. The summed E-state index contributed by atoms with van der Waals surface area (Å²) in [5, 5.41) is 9.27. The Morgan fingerprint density at radius 3 is 2.43 bits per heavy atom. The standard InChI is InChI=1S/C33H47N3O5S/c1-7-17-34(22(4)5)32(40)29-33-23(6)21-26(42-33)27(28(33)31(39)36(29)19-11-10-12-20-37)30(38)35(18-8-2)24-13-15-25(16-14-24)41-9-3/h7-8,13-16,22-23,26-29,37H,1-2,9-12,17-21H2,3-6H3/t23?,26-,27+,28-,29?,33?/m0/s1. The monoisotopic (exact) mass is 597 g/mol. The van der Waals surface area contributed by atoms with E-state index in [0.717, 1.165) is 24.3 Å². The smallest absolute Gasteiger partial charge is 0.247 e. The van der Waals surface area contributed by atoms with E-state index in [1.165, 1.54) is 0 Å². The molecule has 1 aromatic rings. The Bertz CT molecular complexity index is 1160. The number of fused-ring (bicyclic) bond motifs is 1. The number of hydrogen-bond donors (Lipinski definition) is 1. The van der Waals surface area contributed by atoms with Gasteiger partial charge in [0.2, 0.25) is 17.7 Å². The van der Waals surface area contributed by atoms with E-state index in [4.69, 9.17) is 4.74 Å². The second kappa shape index (κ2) is 13.7. The summed E-state index contributed by atoms with van der Waals surface area (Å²) in [6.07, 6.45) is 6.32. The molecule has 3 amide bonds. The fraction of sp³-hybridized carbons (Fsp3) is 0.606. The third-order valence-corrected chi connectivity index (χ3v) is 11.2. The first-order valence-electron chi connectivity index (χ1n) is 15.3. The zero-order valence-corrected chi connectivity index (χ0v) is 26.4. The topological polar surface area (TPSA) is 90.4 Å². The van der Waals surface area contributed by atoms with Crippen molar-refractivity contribution in [1.29, 1.82) is 0 Å². The molecule has 0 radical (unpaired) electrons. The van der Waals surface area contributed by atoms with E-state index in [-0.39, 0.29) is 41.5 Å². The number of likely N-dealkylation sites (tertiary alicyclic amines) is 1. The molecule has 9 heteroatoms. The quantitative estimate of drug-likeness (QED) is 0.236. The largest absolute Gasteiger partial charge is 0.494 e. The van der Waals surface area contributed by atoms with Crippen LogP contribution in [0.25, 0.3) is 0 Å². The molecule has 1 aromatic carbocycles. The number of anilines is 1. The summed E-state index contributed by atoms with van der Waals surface area (Å²) < 4.78 is 4.92. The predicted octanol–water partition coefficient (Wildman–Crippen LogP) is 4.53. The molecule has 230 valence electrons. The minimum atomic E-state index is -0.677. The van der Waals surface area contributed by atoms with Crippen LogP contribution < -0.4 is 9.64 Å². The summed E-state index contributed by atoms with van der Waals surface area (Å²) in [4.78, 5) is 48.7. The first-order chi connectivity index (χ1) is 20.2. The van der Waals surface area contributed by atoms with Gasteiger partial charge in [-0.25, -0.2) is 0 Å². The van der Waals surface area contributed by atoms with Crippen LogP contribution in [0.1, 0.15) is 53.4 Å². The van der Waals surface area contributed by atoms with Gasteiger partial charge in [0.05, 0.1) is 23.2 Å². The van der Waals surface area contributed by atoms with Gasteiger partial charge in [-0.3, -0.25) is 14.4 Å². The highest BCUT2D eigenvalue weighted by Gasteiger charge is 2.76. The van der Waals surface area contributed by atoms with Crippen molar-refractivity contribution in [1.82, 2.24) is 9.80 Å². The van der Waals surface area contributed by atoms with Crippen LogP contribution >= 0.6 is 11.8 Å². The Morgan fingerprint density at radius 1 is 1.14 bits per heavy atom. The van der Waals surface area contributed by atoms with Gasteiger partial charge >= 0.3 is 0 Å². The van der Waals surface area contributed by atoms with Crippen molar-refractivity contribution in [3.8, 4) is 5.75 Å².